The predicted octanol–water partition coefficient (Wildman–Crippen LogP) is 2.23. The molecule has 0 fully saturated rings. The van der Waals surface area contributed by atoms with E-state index in [1.807, 2.05) is 26.0 Å². The van der Waals surface area contributed by atoms with Crippen molar-refractivity contribution >= 4 is 22.6 Å². The van der Waals surface area contributed by atoms with Gasteiger partial charge in [0.1, 0.15) is 6.54 Å². The van der Waals surface area contributed by atoms with Crippen LogP contribution in [0.1, 0.15) is 11.4 Å². The Morgan fingerprint density at radius 2 is 1.89 bits per heavy atom. The molecule has 4 rings (SSSR count). The molecule has 0 aliphatic heterocycles. The van der Waals surface area contributed by atoms with Gasteiger partial charge in [-0.25, -0.2) is 14.6 Å². The van der Waals surface area contributed by atoms with Gasteiger partial charge < -0.3 is 5.32 Å². The van der Waals surface area contributed by atoms with Crippen molar-refractivity contribution in [3.8, 4) is 5.82 Å². The lowest BCUT2D eigenvalue weighted by Crippen LogP contribution is -2.28. The summed E-state index contributed by atoms with van der Waals surface area (Å²) in [6.45, 7) is 3.76. The molecule has 3 aromatic heterocycles. The van der Waals surface area contributed by atoms with Gasteiger partial charge in [-0.1, -0.05) is 12.1 Å². The van der Waals surface area contributed by atoms with Crippen molar-refractivity contribution in [1.29, 1.82) is 0 Å². The van der Waals surface area contributed by atoms with Crippen LogP contribution in [0.5, 0.6) is 0 Å². The number of aryl methyl sites for hydroxylation is 2. The number of carbonyl (C=O) groups excluding carboxylic acids is 1. The summed E-state index contributed by atoms with van der Waals surface area (Å²) in [6.07, 6.45) is 2.79. The summed E-state index contributed by atoms with van der Waals surface area (Å²) in [4.78, 5) is 33.1. The van der Waals surface area contributed by atoms with Gasteiger partial charge in [-0.2, -0.15) is 5.10 Å². The van der Waals surface area contributed by atoms with Crippen LogP contribution in [0.15, 0.2) is 59.7 Å². The molecule has 3 heterocycles. The second-order valence-electron chi connectivity index (χ2n) is 6.46. The molecule has 1 N–H and O–H groups in total. The van der Waals surface area contributed by atoms with E-state index in [4.69, 9.17) is 0 Å². The lowest BCUT2D eigenvalue weighted by molar-refractivity contribution is -0.116. The number of para-hydroxylation sites is 2. The largest absolute Gasteiger partial charge is 0.323 e. The number of nitrogens with one attached hydrogen (secondary N) is 1. The molecule has 0 saturated carbocycles. The number of pyridine rings is 1. The smallest absolute Gasteiger partial charge is 0.269 e. The van der Waals surface area contributed by atoms with Crippen molar-refractivity contribution in [2.45, 2.75) is 20.4 Å². The van der Waals surface area contributed by atoms with Gasteiger partial charge in [0.25, 0.3) is 5.56 Å². The molecule has 4 aromatic rings. The van der Waals surface area contributed by atoms with Crippen LogP contribution in [-0.2, 0) is 11.3 Å². The second kappa shape index (κ2) is 7.07. The molecule has 28 heavy (non-hydrogen) atoms. The Labute approximate surface area is 160 Å². The molecule has 1 aromatic carbocycles. The van der Waals surface area contributed by atoms with Crippen LogP contribution in [0.3, 0.4) is 0 Å². The minimum absolute atomic E-state index is 0.110. The van der Waals surface area contributed by atoms with Crippen LogP contribution in [0.4, 0.5) is 5.69 Å². The lowest BCUT2D eigenvalue weighted by Gasteiger charge is -2.10. The summed E-state index contributed by atoms with van der Waals surface area (Å²) in [5.41, 5.74) is 3.37. The molecular formula is C20H18N6O2. The minimum atomic E-state index is -0.327. The van der Waals surface area contributed by atoms with E-state index in [9.17, 15) is 9.59 Å². The Hall–Kier alpha value is -3.81. The number of anilines is 1. The van der Waals surface area contributed by atoms with Crippen LogP contribution >= 0.6 is 0 Å². The molecule has 0 bridgehead atoms. The highest BCUT2D eigenvalue weighted by Gasteiger charge is 2.10. The molecule has 8 heteroatoms. The molecule has 140 valence electrons. The quantitative estimate of drug-likeness (QED) is 0.591. The van der Waals surface area contributed by atoms with Gasteiger partial charge in [0.2, 0.25) is 5.91 Å². The minimum Gasteiger partial charge on any atom is -0.323 e. The average molecular weight is 374 g/mol. The summed E-state index contributed by atoms with van der Waals surface area (Å²) >= 11 is 0. The summed E-state index contributed by atoms with van der Waals surface area (Å²) in [5, 5.41) is 7.16. The molecule has 8 nitrogen and oxygen atoms in total. The van der Waals surface area contributed by atoms with E-state index in [-0.39, 0.29) is 18.0 Å². The number of benzene rings is 1. The number of amides is 1. The fraction of sp³-hybridized carbons (Fsp3) is 0.150. The van der Waals surface area contributed by atoms with Crippen molar-refractivity contribution in [1.82, 2.24) is 24.3 Å². The Morgan fingerprint density at radius 3 is 2.61 bits per heavy atom. The zero-order chi connectivity index (χ0) is 19.7. The van der Waals surface area contributed by atoms with Crippen molar-refractivity contribution in [3.63, 3.8) is 0 Å². The van der Waals surface area contributed by atoms with E-state index in [0.717, 1.165) is 11.4 Å². The summed E-state index contributed by atoms with van der Waals surface area (Å²) in [6, 6.07) is 12.7. The first-order valence-corrected chi connectivity index (χ1v) is 8.75. The highest BCUT2D eigenvalue weighted by Crippen LogP contribution is 2.13. The third-order valence-corrected chi connectivity index (χ3v) is 4.31. The van der Waals surface area contributed by atoms with Gasteiger partial charge >= 0.3 is 0 Å². The summed E-state index contributed by atoms with van der Waals surface area (Å²) in [7, 11) is 0. The van der Waals surface area contributed by atoms with E-state index in [1.165, 1.54) is 10.8 Å². The van der Waals surface area contributed by atoms with E-state index in [2.05, 4.69) is 20.4 Å². The maximum atomic E-state index is 12.5. The van der Waals surface area contributed by atoms with Gasteiger partial charge in [-0.3, -0.25) is 14.2 Å². The van der Waals surface area contributed by atoms with Crippen molar-refractivity contribution < 1.29 is 4.79 Å². The molecule has 0 saturated heterocycles. The topological polar surface area (TPSA) is 94.7 Å². The number of hydrogen-bond donors (Lipinski definition) is 1. The fourth-order valence-corrected chi connectivity index (χ4v) is 3.07. The number of nitrogens with zero attached hydrogens (tertiary/aromatic N) is 5. The Bertz CT molecular complexity index is 1220. The Balaban J connectivity index is 1.53. The molecule has 0 atom stereocenters. The Morgan fingerprint density at radius 1 is 1.07 bits per heavy atom. The van der Waals surface area contributed by atoms with Crippen molar-refractivity contribution in [2.24, 2.45) is 0 Å². The van der Waals surface area contributed by atoms with Crippen LogP contribution in [0.2, 0.25) is 0 Å². The van der Waals surface area contributed by atoms with Gasteiger partial charge in [0, 0.05) is 5.69 Å². The normalized spacial score (nSPS) is 10.9. The van der Waals surface area contributed by atoms with Crippen molar-refractivity contribution in [2.75, 3.05) is 5.32 Å². The van der Waals surface area contributed by atoms with Crippen LogP contribution in [-0.4, -0.2) is 30.2 Å². The van der Waals surface area contributed by atoms with E-state index in [0.29, 0.717) is 22.5 Å². The predicted molar refractivity (Wildman–Crippen MR) is 105 cm³/mol. The molecule has 0 aliphatic carbocycles. The molecule has 0 aliphatic rings. The molecule has 0 spiro atoms. The molecule has 0 unspecified atom stereocenters. The zero-order valence-corrected chi connectivity index (χ0v) is 15.5. The number of carbonyl (C=O) groups is 1. The van der Waals surface area contributed by atoms with E-state index >= 15 is 0 Å². The third kappa shape index (κ3) is 3.39. The van der Waals surface area contributed by atoms with Gasteiger partial charge in [-0.05, 0) is 44.2 Å². The van der Waals surface area contributed by atoms with Gasteiger partial charge in [0.15, 0.2) is 5.82 Å². The summed E-state index contributed by atoms with van der Waals surface area (Å²) in [5.74, 6) is 0.346. The highest BCUT2D eigenvalue weighted by molar-refractivity contribution is 5.91. The standard InChI is InChI=1S/C20H18N6O2/c1-13-9-14(2)26(24-13)18-8-7-15(10-22-18)23-19(27)12-25-17-6-4-3-5-16(17)21-11-20(25)28/h3-11H,12H2,1-2H3,(H,23,27). The lowest BCUT2D eigenvalue weighted by atomic mass is 10.3. The first-order chi connectivity index (χ1) is 13.5. The van der Waals surface area contributed by atoms with Crippen LogP contribution in [0, 0.1) is 13.8 Å². The van der Waals surface area contributed by atoms with Gasteiger partial charge in [-0.15, -0.1) is 0 Å². The average Bonchev–Trinajstić information content (AvgIpc) is 3.03. The number of rotatable bonds is 4. The molecular weight excluding hydrogens is 356 g/mol. The number of fused-ring (bicyclic) bond motifs is 1. The molecule has 0 radical (unpaired) electrons. The number of hydrogen-bond acceptors (Lipinski definition) is 5. The van der Waals surface area contributed by atoms with Gasteiger partial charge in [0.05, 0.1) is 34.8 Å². The third-order valence-electron chi connectivity index (χ3n) is 4.31. The summed E-state index contributed by atoms with van der Waals surface area (Å²) < 4.78 is 3.14. The van der Waals surface area contributed by atoms with Crippen LogP contribution in [0.25, 0.3) is 16.9 Å². The zero-order valence-electron chi connectivity index (χ0n) is 15.5. The first-order valence-electron chi connectivity index (χ1n) is 8.75. The maximum absolute atomic E-state index is 12.5. The van der Waals surface area contributed by atoms with Crippen LogP contribution < -0.4 is 10.9 Å². The van der Waals surface area contributed by atoms with Crippen molar-refractivity contribution in [3.05, 3.63) is 76.6 Å². The monoisotopic (exact) mass is 374 g/mol. The first kappa shape index (κ1) is 17.6. The van der Waals surface area contributed by atoms with E-state index in [1.54, 1.807) is 41.2 Å². The SMILES string of the molecule is Cc1cc(C)n(-c2ccc(NC(=O)Cn3c(=O)cnc4ccccc43)cn2)n1. The fourth-order valence-electron chi connectivity index (χ4n) is 3.07. The molecule has 1 amide bonds. The Kier molecular flexibility index (Phi) is 4.44. The highest BCUT2D eigenvalue weighted by atomic mass is 16.2. The second-order valence-corrected chi connectivity index (χ2v) is 6.46. The maximum Gasteiger partial charge on any atom is 0.269 e. The van der Waals surface area contributed by atoms with E-state index < -0.39 is 0 Å². The number of aromatic nitrogens is 5.